The van der Waals surface area contributed by atoms with Crippen LogP contribution in [0.4, 0.5) is 5.69 Å². The normalized spacial score (nSPS) is 22.0. The van der Waals surface area contributed by atoms with E-state index in [-0.39, 0.29) is 6.04 Å². The average molecular weight is 313 g/mol. The number of hydrogen-bond donors (Lipinski definition) is 1. The summed E-state index contributed by atoms with van der Waals surface area (Å²) in [5, 5.41) is 0. The second-order valence-electron chi connectivity index (χ2n) is 4.84. The summed E-state index contributed by atoms with van der Waals surface area (Å²) in [6.45, 7) is 6.88. The fraction of sp³-hybridized carbons (Fsp3) is 0.571. The molecule has 0 aromatic heterocycles. The highest BCUT2D eigenvalue weighted by Gasteiger charge is 2.22. The molecule has 1 fully saturated rings. The molecule has 0 aliphatic carbocycles. The highest BCUT2D eigenvalue weighted by atomic mass is 79.9. The molecule has 3 nitrogen and oxygen atoms in total. The van der Waals surface area contributed by atoms with Crippen LogP contribution in [-0.4, -0.2) is 25.8 Å². The standard InChI is InChI=1S/C14H21BrN2O/c1-3-12-9-17(6-7-18-12)14-8-11(15)4-5-13(14)10(2)16/h4-5,8,10,12H,3,6-7,9,16H2,1-2H3. The minimum Gasteiger partial charge on any atom is -0.375 e. The van der Waals surface area contributed by atoms with Gasteiger partial charge >= 0.3 is 0 Å². The zero-order chi connectivity index (χ0) is 13.1. The maximum atomic E-state index is 6.07. The van der Waals surface area contributed by atoms with Crippen LogP contribution >= 0.6 is 15.9 Å². The molecule has 4 heteroatoms. The van der Waals surface area contributed by atoms with Crippen LogP contribution in [0.1, 0.15) is 31.9 Å². The van der Waals surface area contributed by atoms with Gasteiger partial charge in [-0.2, -0.15) is 0 Å². The Morgan fingerprint density at radius 2 is 2.33 bits per heavy atom. The van der Waals surface area contributed by atoms with Crippen LogP contribution in [-0.2, 0) is 4.74 Å². The van der Waals surface area contributed by atoms with Gasteiger partial charge < -0.3 is 15.4 Å². The maximum absolute atomic E-state index is 6.07. The van der Waals surface area contributed by atoms with E-state index in [2.05, 4.69) is 46.0 Å². The molecule has 1 saturated heterocycles. The fourth-order valence-electron chi connectivity index (χ4n) is 2.36. The molecule has 2 unspecified atom stereocenters. The zero-order valence-corrected chi connectivity index (χ0v) is 12.6. The number of hydrogen-bond acceptors (Lipinski definition) is 3. The summed E-state index contributed by atoms with van der Waals surface area (Å²) in [6.07, 6.45) is 1.39. The molecule has 1 aromatic rings. The largest absolute Gasteiger partial charge is 0.375 e. The lowest BCUT2D eigenvalue weighted by atomic mass is 10.0. The fourth-order valence-corrected chi connectivity index (χ4v) is 2.71. The first-order valence-corrected chi connectivity index (χ1v) is 7.32. The van der Waals surface area contributed by atoms with Gasteiger partial charge in [-0.25, -0.2) is 0 Å². The quantitative estimate of drug-likeness (QED) is 0.932. The molecule has 2 rings (SSSR count). The first-order valence-electron chi connectivity index (χ1n) is 6.53. The van der Waals surface area contributed by atoms with Crippen LogP contribution < -0.4 is 10.6 Å². The Morgan fingerprint density at radius 3 is 3.00 bits per heavy atom. The lowest BCUT2D eigenvalue weighted by Crippen LogP contribution is -2.42. The molecular weight excluding hydrogens is 292 g/mol. The molecule has 0 bridgehead atoms. The van der Waals surface area contributed by atoms with E-state index < -0.39 is 0 Å². The smallest absolute Gasteiger partial charge is 0.0748 e. The Bertz CT molecular complexity index is 409. The van der Waals surface area contributed by atoms with E-state index in [4.69, 9.17) is 10.5 Å². The number of anilines is 1. The lowest BCUT2D eigenvalue weighted by Gasteiger charge is -2.36. The van der Waals surface area contributed by atoms with Gasteiger partial charge in [-0.05, 0) is 31.0 Å². The molecule has 100 valence electrons. The molecule has 1 aromatic carbocycles. The van der Waals surface area contributed by atoms with E-state index in [1.807, 2.05) is 6.92 Å². The molecule has 18 heavy (non-hydrogen) atoms. The van der Waals surface area contributed by atoms with E-state index in [9.17, 15) is 0 Å². The van der Waals surface area contributed by atoms with Crippen molar-refractivity contribution in [3.63, 3.8) is 0 Å². The summed E-state index contributed by atoms with van der Waals surface area (Å²) in [7, 11) is 0. The molecule has 0 radical (unpaired) electrons. The van der Waals surface area contributed by atoms with E-state index in [1.54, 1.807) is 0 Å². The third-order valence-corrected chi connectivity index (χ3v) is 3.91. The van der Waals surface area contributed by atoms with Crippen LogP contribution in [0.2, 0.25) is 0 Å². The van der Waals surface area contributed by atoms with Gasteiger partial charge in [0, 0.05) is 29.3 Å². The minimum atomic E-state index is 0.0519. The number of benzene rings is 1. The van der Waals surface area contributed by atoms with Gasteiger partial charge in [0.1, 0.15) is 0 Å². The van der Waals surface area contributed by atoms with Crippen molar-refractivity contribution in [1.29, 1.82) is 0 Å². The average Bonchev–Trinajstić information content (AvgIpc) is 2.38. The molecule has 2 atom stereocenters. The molecular formula is C14H21BrN2O. The van der Waals surface area contributed by atoms with Crippen molar-refractivity contribution in [3.05, 3.63) is 28.2 Å². The van der Waals surface area contributed by atoms with Gasteiger partial charge in [0.05, 0.1) is 12.7 Å². The second-order valence-corrected chi connectivity index (χ2v) is 5.75. The Balaban J connectivity index is 2.28. The Kier molecular flexibility index (Phi) is 4.65. The number of nitrogens with two attached hydrogens (primary N) is 1. The predicted octanol–water partition coefficient (Wildman–Crippen LogP) is 3.08. The number of rotatable bonds is 3. The van der Waals surface area contributed by atoms with E-state index in [0.29, 0.717) is 6.10 Å². The van der Waals surface area contributed by atoms with E-state index in [0.717, 1.165) is 30.6 Å². The summed E-state index contributed by atoms with van der Waals surface area (Å²) in [4.78, 5) is 2.39. The van der Waals surface area contributed by atoms with Crippen LogP contribution in [0.25, 0.3) is 0 Å². The van der Waals surface area contributed by atoms with Crippen molar-refractivity contribution in [2.24, 2.45) is 5.73 Å². The molecule has 1 heterocycles. The molecule has 2 N–H and O–H groups in total. The van der Waals surface area contributed by atoms with Crippen molar-refractivity contribution in [2.45, 2.75) is 32.4 Å². The number of halogens is 1. The Labute approximate surface area is 117 Å². The summed E-state index contributed by atoms with van der Waals surface area (Å²) < 4.78 is 6.82. The van der Waals surface area contributed by atoms with Crippen molar-refractivity contribution in [1.82, 2.24) is 0 Å². The van der Waals surface area contributed by atoms with Crippen molar-refractivity contribution in [3.8, 4) is 0 Å². The minimum absolute atomic E-state index is 0.0519. The maximum Gasteiger partial charge on any atom is 0.0748 e. The summed E-state index contributed by atoms with van der Waals surface area (Å²) in [6, 6.07) is 6.38. The van der Waals surface area contributed by atoms with Crippen molar-refractivity contribution in [2.75, 3.05) is 24.6 Å². The van der Waals surface area contributed by atoms with Crippen LogP contribution in [0.5, 0.6) is 0 Å². The number of ether oxygens (including phenoxy) is 1. The monoisotopic (exact) mass is 312 g/mol. The summed E-state index contributed by atoms with van der Waals surface area (Å²) in [5.74, 6) is 0. The highest BCUT2D eigenvalue weighted by Crippen LogP contribution is 2.30. The first-order chi connectivity index (χ1) is 8.61. The summed E-state index contributed by atoms with van der Waals surface area (Å²) >= 11 is 3.55. The van der Waals surface area contributed by atoms with Gasteiger partial charge in [-0.3, -0.25) is 0 Å². The van der Waals surface area contributed by atoms with Gasteiger partial charge in [0.15, 0.2) is 0 Å². The third kappa shape index (κ3) is 3.05. The van der Waals surface area contributed by atoms with Gasteiger partial charge in [0.2, 0.25) is 0 Å². The van der Waals surface area contributed by atoms with Crippen LogP contribution in [0, 0.1) is 0 Å². The topological polar surface area (TPSA) is 38.5 Å². The summed E-state index contributed by atoms with van der Waals surface area (Å²) in [5.41, 5.74) is 8.51. The van der Waals surface area contributed by atoms with Gasteiger partial charge in [-0.1, -0.05) is 28.9 Å². The van der Waals surface area contributed by atoms with Crippen LogP contribution in [0.3, 0.4) is 0 Å². The molecule has 0 spiro atoms. The lowest BCUT2D eigenvalue weighted by molar-refractivity contribution is 0.0383. The van der Waals surface area contributed by atoms with E-state index >= 15 is 0 Å². The molecule has 0 saturated carbocycles. The van der Waals surface area contributed by atoms with Gasteiger partial charge in [0.25, 0.3) is 0 Å². The molecule has 1 aliphatic rings. The Morgan fingerprint density at radius 1 is 1.56 bits per heavy atom. The second kappa shape index (κ2) is 6.04. The third-order valence-electron chi connectivity index (χ3n) is 3.42. The van der Waals surface area contributed by atoms with Crippen LogP contribution in [0.15, 0.2) is 22.7 Å². The zero-order valence-electron chi connectivity index (χ0n) is 11.0. The Hall–Kier alpha value is -0.580. The molecule has 1 aliphatic heterocycles. The van der Waals surface area contributed by atoms with Crippen molar-refractivity contribution < 1.29 is 4.74 Å². The number of nitrogens with zero attached hydrogens (tertiary/aromatic N) is 1. The predicted molar refractivity (Wildman–Crippen MR) is 79.0 cm³/mol. The SMILES string of the molecule is CCC1CN(c2cc(Br)ccc2C(C)N)CCO1. The first kappa shape index (κ1) is 13.8. The highest BCUT2D eigenvalue weighted by molar-refractivity contribution is 9.10. The number of morpholine rings is 1. The molecule has 0 amide bonds. The van der Waals surface area contributed by atoms with Gasteiger partial charge in [-0.15, -0.1) is 0 Å². The van der Waals surface area contributed by atoms with Crippen molar-refractivity contribution >= 4 is 21.6 Å². The van der Waals surface area contributed by atoms with E-state index in [1.165, 1.54) is 11.3 Å².